The lowest BCUT2D eigenvalue weighted by Crippen LogP contribution is -2.40. The maximum absolute atomic E-state index is 13.9. The van der Waals surface area contributed by atoms with Crippen LogP contribution < -0.4 is 4.72 Å². The number of nitrogens with zero attached hydrogens (tertiary/aromatic N) is 1. The van der Waals surface area contributed by atoms with Crippen LogP contribution in [-0.2, 0) is 10.0 Å². The number of ketones is 1. The molecule has 2 aliphatic rings. The van der Waals surface area contributed by atoms with E-state index in [1.54, 1.807) is 11.0 Å². The Morgan fingerprint density at radius 3 is 2.41 bits per heavy atom. The molecule has 170 valence electrons. The van der Waals surface area contributed by atoms with Crippen LogP contribution in [0, 0.1) is 23.5 Å². The third-order valence-electron chi connectivity index (χ3n) is 6.00. The van der Waals surface area contributed by atoms with Gasteiger partial charge in [0.25, 0.3) is 5.91 Å². The van der Waals surface area contributed by atoms with Crippen molar-refractivity contribution in [1.29, 1.82) is 0 Å². The van der Waals surface area contributed by atoms with Gasteiger partial charge >= 0.3 is 0 Å². The molecule has 1 heterocycles. The van der Waals surface area contributed by atoms with Crippen LogP contribution in [0.15, 0.2) is 47.4 Å². The number of hydrogen-bond acceptors (Lipinski definition) is 4. The first-order chi connectivity index (χ1) is 15.2. The number of piperidine rings is 1. The fraction of sp³-hybridized carbons (Fsp3) is 0.391. The SMILES string of the molecule is O=C(c1cc(F)ccc1F)C1CCN(C(=O)c2cccc(S(=O)(=O)NCC3CC3)c2)CC1. The normalized spacial score (nSPS) is 17.4. The van der Waals surface area contributed by atoms with Crippen molar-refractivity contribution in [2.45, 2.75) is 30.6 Å². The number of nitrogens with one attached hydrogen (secondary N) is 1. The molecule has 0 atom stereocenters. The summed E-state index contributed by atoms with van der Waals surface area (Å²) >= 11 is 0. The molecule has 0 radical (unpaired) electrons. The predicted octanol–water partition coefficient (Wildman–Crippen LogP) is 3.39. The van der Waals surface area contributed by atoms with Crippen molar-refractivity contribution in [2.24, 2.45) is 11.8 Å². The maximum Gasteiger partial charge on any atom is 0.253 e. The van der Waals surface area contributed by atoms with E-state index in [0.717, 1.165) is 31.0 Å². The quantitative estimate of drug-likeness (QED) is 0.640. The van der Waals surface area contributed by atoms with E-state index in [9.17, 15) is 26.8 Å². The number of amides is 1. The average Bonchev–Trinajstić information content (AvgIpc) is 3.63. The van der Waals surface area contributed by atoms with Gasteiger partial charge in [-0.2, -0.15) is 0 Å². The summed E-state index contributed by atoms with van der Waals surface area (Å²) in [6.45, 7) is 0.931. The number of carbonyl (C=O) groups is 2. The standard InChI is InChI=1S/C23H24F2N2O4S/c24-18-6-7-21(25)20(13-18)22(28)16-8-10-27(11-9-16)23(29)17-2-1-3-19(12-17)32(30,31)26-14-15-4-5-15/h1-3,6-7,12-13,15-16,26H,4-5,8-11,14H2. The first kappa shape index (κ1) is 22.5. The number of carbonyl (C=O) groups excluding carboxylic acids is 2. The van der Waals surface area contributed by atoms with Crippen molar-refractivity contribution in [3.63, 3.8) is 0 Å². The second-order valence-corrected chi connectivity index (χ2v) is 10.1. The van der Waals surface area contributed by atoms with Crippen molar-refractivity contribution >= 4 is 21.7 Å². The van der Waals surface area contributed by atoms with Crippen LogP contribution >= 0.6 is 0 Å². The van der Waals surface area contributed by atoms with Crippen LogP contribution in [0.2, 0.25) is 0 Å². The number of Topliss-reactive ketones (excluding diaryl/α,β-unsaturated/α-hetero) is 1. The van der Waals surface area contributed by atoms with Crippen molar-refractivity contribution in [2.75, 3.05) is 19.6 Å². The molecule has 1 aliphatic carbocycles. The van der Waals surface area contributed by atoms with Gasteiger partial charge < -0.3 is 4.90 Å². The van der Waals surface area contributed by atoms with Crippen LogP contribution in [0.3, 0.4) is 0 Å². The molecule has 1 amide bonds. The highest BCUT2D eigenvalue weighted by atomic mass is 32.2. The summed E-state index contributed by atoms with van der Waals surface area (Å²) in [5.74, 6) is -2.35. The minimum atomic E-state index is -3.69. The highest BCUT2D eigenvalue weighted by Gasteiger charge is 2.30. The van der Waals surface area contributed by atoms with Crippen LogP contribution in [0.25, 0.3) is 0 Å². The van der Waals surface area contributed by atoms with Gasteiger partial charge in [-0.05, 0) is 68.0 Å². The first-order valence-corrected chi connectivity index (χ1v) is 12.1. The summed E-state index contributed by atoms with van der Waals surface area (Å²) in [5, 5.41) is 0. The Kier molecular flexibility index (Phi) is 6.39. The Bertz CT molecular complexity index is 1140. The second-order valence-electron chi connectivity index (χ2n) is 8.38. The molecule has 1 aliphatic heterocycles. The third kappa shape index (κ3) is 5.05. The Labute approximate surface area is 185 Å². The molecule has 2 aromatic carbocycles. The van der Waals surface area contributed by atoms with Gasteiger partial charge in [-0.25, -0.2) is 21.9 Å². The van der Waals surface area contributed by atoms with Gasteiger partial charge in [0.1, 0.15) is 11.6 Å². The minimum absolute atomic E-state index is 0.0376. The molecule has 4 rings (SSSR count). The molecular formula is C23H24F2N2O4S. The van der Waals surface area contributed by atoms with Crippen LogP contribution in [0.1, 0.15) is 46.4 Å². The molecule has 1 saturated carbocycles. The molecule has 1 saturated heterocycles. The Hall–Kier alpha value is -2.65. The highest BCUT2D eigenvalue weighted by molar-refractivity contribution is 7.89. The molecule has 0 bridgehead atoms. The number of rotatable bonds is 7. The average molecular weight is 463 g/mol. The zero-order chi connectivity index (χ0) is 22.9. The largest absolute Gasteiger partial charge is 0.339 e. The molecule has 0 unspecified atom stereocenters. The molecule has 9 heteroatoms. The molecule has 0 aromatic heterocycles. The number of benzene rings is 2. The lowest BCUT2D eigenvalue weighted by Gasteiger charge is -2.31. The molecule has 0 spiro atoms. The number of halogens is 2. The van der Waals surface area contributed by atoms with E-state index >= 15 is 0 Å². The van der Waals surface area contributed by atoms with Gasteiger partial charge in [0.2, 0.25) is 10.0 Å². The van der Waals surface area contributed by atoms with Crippen molar-refractivity contribution < 1.29 is 26.8 Å². The fourth-order valence-corrected chi connectivity index (χ4v) is 5.02. The zero-order valence-electron chi connectivity index (χ0n) is 17.4. The van der Waals surface area contributed by atoms with Crippen LogP contribution in [0.5, 0.6) is 0 Å². The smallest absolute Gasteiger partial charge is 0.253 e. The predicted molar refractivity (Wildman–Crippen MR) is 114 cm³/mol. The Morgan fingerprint density at radius 2 is 1.72 bits per heavy atom. The molecular weight excluding hydrogens is 438 g/mol. The van der Waals surface area contributed by atoms with Gasteiger partial charge in [-0.15, -0.1) is 0 Å². The van der Waals surface area contributed by atoms with Gasteiger partial charge in [0.15, 0.2) is 5.78 Å². The fourth-order valence-electron chi connectivity index (χ4n) is 3.86. The zero-order valence-corrected chi connectivity index (χ0v) is 18.2. The molecule has 2 fully saturated rings. The van der Waals surface area contributed by atoms with Gasteiger partial charge in [0.05, 0.1) is 10.5 Å². The number of likely N-dealkylation sites (tertiary alicyclic amines) is 1. The molecule has 1 N–H and O–H groups in total. The van der Waals surface area contributed by atoms with E-state index in [1.165, 1.54) is 18.2 Å². The molecule has 2 aromatic rings. The number of sulfonamides is 1. The van der Waals surface area contributed by atoms with Crippen LogP contribution in [-0.4, -0.2) is 44.6 Å². The van der Waals surface area contributed by atoms with Crippen molar-refractivity contribution in [3.05, 3.63) is 65.2 Å². The van der Waals surface area contributed by atoms with Gasteiger partial charge in [-0.3, -0.25) is 9.59 Å². The van der Waals surface area contributed by atoms with E-state index in [-0.39, 0.29) is 35.0 Å². The monoisotopic (exact) mass is 462 g/mol. The summed E-state index contributed by atoms with van der Waals surface area (Å²) in [6.07, 6.45) is 2.68. The lowest BCUT2D eigenvalue weighted by atomic mass is 9.88. The van der Waals surface area contributed by atoms with E-state index < -0.39 is 33.4 Å². The van der Waals surface area contributed by atoms with Crippen molar-refractivity contribution in [1.82, 2.24) is 9.62 Å². The summed E-state index contributed by atoms with van der Waals surface area (Å²) < 4.78 is 54.9. The molecule has 6 nitrogen and oxygen atoms in total. The maximum atomic E-state index is 13.9. The van der Waals surface area contributed by atoms with E-state index in [4.69, 9.17) is 0 Å². The van der Waals surface area contributed by atoms with Crippen LogP contribution in [0.4, 0.5) is 8.78 Å². The summed E-state index contributed by atoms with van der Waals surface area (Å²) in [6, 6.07) is 8.69. The second kappa shape index (κ2) is 9.07. The highest BCUT2D eigenvalue weighted by Crippen LogP contribution is 2.28. The Morgan fingerprint density at radius 1 is 1.00 bits per heavy atom. The lowest BCUT2D eigenvalue weighted by molar-refractivity contribution is 0.0649. The molecule has 32 heavy (non-hydrogen) atoms. The summed E-state index contributed by atoms with van der Waals surface area (Å²) in [7, 11) is -3.69. The topological polar surface area (TPSA) is 83.6 Å². The van der Waals surface area contributed by atoms with E-state index in [0.29, 0.717) is 25.3 Å². The van der Waals surface area contributed by atoms with E-state index in [1.807, 2.05) is 0 Å². The van der Waals surface area contributed by atoms with E-state index in [2.05, 4.69) is 4.72 Å². The van der Waals surface area contributed by atoms with Gasteiger partial charge in [0, 0.05) is 31.1 Å². The van der Waals surface area contributed by atoms with Crippen molar-refractivity contribution in [3.8, 4) is 0 Å². The summed E-state index contributed by atoms with van der Waals surface area (Å²) in [5.41, 5.74) is -0.0216. The minimum Gasteiger partial charge on any atom is -0.339 e. The third-order valence-corrected chi connectivity index (χ3v) is 7.42. The number of hydrogen-bond donors (Lipinski definition) is 1. The van der Waals surface area contributed by atoms with Gasteiger partial charge in [-0.1, -0.05) is 6.07 Å². The first-order valence-electron chi connectivity index (χ1n) is 10.6. The Balaban J connectivity index is 1.40. The summed E-state index contributed by atoms with van der Waals surface area (Å²) in [4.78, 5) is 27.1.